The molecule has 0 amide bonds. The van der Waals surface area contributed by atoms with Crippen LogP contribution in [0.2, 0.25) is 0 Å². The third-order valence-corrected chi connectivity index (χ3v) is 5.41. The molecular formula is C26H21N5O2. The number of anilines is 1. The number of benzene rings is 3. The van der Waals surface area contributed by atoms with E-state index in [2.05, 4.69) is 10.5 Å². The van der Waals surface area contributed by atoms with Crippen LogP contribution in [0.1, 0.15) is 16.1 Å². The Kier molecular flexibility index (Phi) is 6.00. The second-order valence-corrected chi connectivity index (χ2v) is 7.39. The Balaban J connectivity index is 1.60. The normalized spacial score (nSPS) is 11.1. The predicted octanol–water partition coefficient (Wildman–Crippen LogP) is 4.33. The highest BCUT2D eigenvalue weighted by Gasteiger charge is 2.18. The maximum Gasteiger partial charge on any atom is 0.296 e. The molecule has 0 bridgehead atoms. The van der Waals surface area contributed by atoms with Gasteiger partial charge in [-0.15, -0.1) is 0 Å². The van der Waals surface area contributed by atoms with Gasteiger partial charge in [0.1, 0.15) is 11.8 Å². The molecule has 0 aliphatic carbocycles. The van der Waals surface area contributed by atoms with Crippen LogP contribution >= 0.6 is 0 Å². The molecule has 162 valence electrons. The standard InChI is InChI=1S/C26H21N5O2/c1-18-24(26(33)31(30(18)2)22-11-7-4-8-12-22)29-28-23(17-27)25(32)21-15-13-20(14-16-21)19-9-5-3-6-10-19/h3-16,29H,1-2H3. The van der Waals surface area contributed by atoms with Crippen molar-refractivity contribution < 1.29 is 4.79 Å². The summed E-state index contributed by atoms with van der Waals surface area (Å²) in [5.41, 5.74) is 5.80. The third kappa shape index (κ3) is 4.23. The van der Waals surface area contributed by atoms with Crippen LogP contribution in [0.25, 0.3) is 16.8 Å². The number of aromatic nitrogens is 2. The van der Waals surface area contributed by atoms with Gasteiger partial charge in [-0.2, -0.15) is 10.4 Å². The van der Waals surface area contributed by atoms with E-state index in [1.54, 1.807) is 30.8 Å². The van der Waals surface area contributed by atoms with Gasteiger partial charge < -0.3 is 0 Å². The highest BCUT2D eigenvalue weighted by molar-refractivity contribution is 6.51. The fourth-order valence-electron chi connectivity index (χ4n) is 3.52. The SMILES string of the molecule is Cc1c(NN=C(C#N)C(=O)c2ccc(-c3ccccc3)cc2)c(=O)n(-c2ccccc2)n1C. The molecule has 0 fully saturated rings. The lowest BCUT2D eigenvalue weighted by Crippen LogP contribution is -2.21. The van der Waals surface area contributed by atoms with Crippen molar-refractivity contribution in [2.24, 2.45) is 12.1 Å². The van der Waals surface area contributed by atoms with E-state index in [1.165, 1.54) is 4.68 Å². The van der Waals surface area contributed by atoms with Crippen LogP contribution in [-0.4, -0.2) is 20.9 Å². The summed E-state index contributed by atoms with van der Waals surface area (Å²) in [5.74, 6) is -0.526. The Bertz CT molecular complexity index is 1420. The van der Waals surface area contributed by atoms with Gasteiger partial charge in [-0.05, 0) is 30.2 Å². The first-order valence-electron chi connectivity index (χ1n) is 10.3. The molecule has 0 radical (unpaired) electrons. The number of carbonyl (C=O) groups excluding carboxylic acids is 1. The van der Waals surface area contributed by atoms with E-state index in [1.807, 2.05) is 78.9 Å². The summed E-state index contributed by atoms with van der Waals surface area (Å²) < 4.78 is 3.18. The fourth-order valence-corrected chi connectivity index (χ4v) is 3.52. The minimum absolute atomic E-state index is 0.196. The zero-order valence-electron chi connectivity index (χ0n) is 18.2. The number of carbonyl (C=O) groups is 1. The minimum atomic E-state index is -0.526. The largest absolute Gasteiger partial charge is 0.296 e. The number of hydrogen-bond donors (Lipinski definition) is 1. The number of rotatable bonds is 6. The van der Waals surface area contributed by atoms with Crippen molar-refractivity contribution >= 4 is 17.2 Å². The molecule has 1 heterocycles. The molecule has 4 rings (SSSR count). The Morgan fingerprint density at radius 3 is 2.09 bits per heavy atom. The zero-order chi connectivity index (χ0) is 23.4. The van der Waals surface area contributed by atoms with Crippen molar-refractivity contribution in [3.05, 3.63) is 107 Å². The number of ketones is 1. The molecule has 1 aromatic heterocycles. The molecule has 7 heteroatoms. The monoisotopic (exact) mass is 435 g/mol. The second-order valence-electron chi connectivity index (χ2n) is 7.39. The molecule has 0 saturated heterocycles. The van der Waals surface area contributed by atoms with Gasteiger partial charge >= 0.3 is 0 Å². The van der Waals surface area contributed by atoms with E-state index in [0.29, 0.717) is 16.9 Å². The molecule has 4 aromatic rings. The highest BCUT2D eigenvalue weighted by atomic mass is 16.1. The Morgan fingerprint density at radius 2 is 1.48 bits per heavy atom. The summed E-state index contributed by atoms with van der Waals surface area (Å²) in [7, 11) is 1.75. The van der Waals surface area contributed by atoms with Gasteiger partial charge in [0, 0.05) is 12.6 Å². The summed E-state index contributed by atoms with van der Waals surface area (Å²) >= 11 is 0. The second kappa shape index (κ2) is 9.20. The van der Waals surface area contributed by atoms with Gasteiger partial charge in [-0.3, -0.25) is 19.7 Å². The van der Waals surface area contributed by atoms with Gasteiger partial charge in [0.2, 0.25) is 11.5 Å². The maximum absolute atomic E-state index is 13.0. The van der Waals surface area contributed by atoms with Crippen LogP contribution in [0.3, 0.4) is 0 Å². The van der Waals surface area contributed by atoms with E-state index >= 15 is 0 Å². The lowest BCUT2D eigenvalue weighted by molar-refractivity contribution is 0.106. The highest BCUT2D eigenvalue weighted by Crippen LogP contribution is 2.20. The van der Waals surface area contributed by atoms with Crippen molar-refractivity contribution in [2.75, 3.05) is 5.43 Å². The number of hydrazone groups is 1. The van der Waals surface area contributed by atoms with Crippen LogP contribution in [0.15, 0.2) is 94.8 Å². The topological polar surface area (TPSA) is 92.2 Å². The smallest absolute Gasteiger partial charge is 0.286 e. The lowest BCUT2D eigenvalue weighted by Gasteiger charge is -2.07. The van der Waals surface area contributed by atoms with Crippen LogP contribution in [-0.2, 0) is 7.05 Å². The van der Waals surface area contributed by atoms with E-state index in [0.717, 1.165) is 11.1 Å². The fraction of sp³-hybridized carbons (Fsp3) is 0.0769. The Morgan fingerprint density at radius 1 is 0.909 bits per heavy atom. The summed E-state index contributed by atoms with van der Waals surface area (Å²) in [6.07, 6.45) is 0. The van der Waals surface area contributed by atoms with E-state index in [9.17, 15) is 14.9 Å². The molecule has 7 nitrogen and oxygen atoms in total. The van der Waals surface area contributed by atoms with Gasteiger partial charge in [-0.1, -0.05) is 72.8 Å². The van der Waals surface area contributed by atoms with E-state index in [-0.39, 0.29) is 17.0 Å². The average molecular weight is 435 g/mol. The first-order chi connectivity index (χ1) is 16.0. The molecule has 0 atom stereocenters. The van der Waals surface area contributed by atoms with Gasteiger partial charge in [0.15, 0.2) is 0 Å². The van der Waals surface area contributed by atoms with Crippen molar-refractivity contribution in [3.8, 4) is 22.9 Å². The van der Waals surface area contributed by atoms with Crippen molar-refractivity contribution in [3.63, 3.8) is 0 Å². The summed E-state index contributed by atoms with van der Waals surface area (Å²) in [6.45, 7) is 1.76. The molecule has 0 spiro atoms. The molecule has 33 heavy (non-hydrogen) atoms. The Hall–Kier alpha value is -4.70. The van der Waals surface area contributed by atoms with Crippen LogP contribution in [0.4, 0.5) is 5.69 Å². The summed E-state index contributed by atoms with van der Waals surface area (Å²) in [5, 5.41) is 13.5. The number of nitrogens with one attached hydrogen (secondary N) is 1. The van der Waals surface area contributed by atoms with Gasteiger partial charge in [0.05, 0.1) is 11.4 Å². The minimum Gasteiger partial charge on any atom is -0.286 e. The summed E-state index contributed by atoms with van der Waals surface area (Å²) in [6, 6.07) is 27.8. The molecule has 0 aliphatic heterocycles. The molecule has 0 unspecified atom stereocenters. The molecule has 3 aromatic carbocycles. The quantitative estimate of drug-likeness (QED) is 0.277. The van der Waals surface area contributed by atoms with Gasteiger partial charge in [-0.25, -0.2) is 4.68 Å². The molecular weight excluding hydrogens is 414 g/mol. The Labute approximate surface area is 190 Å². The van der Waals surface area contributed by atoms with Crippen molar-refractivity contribution in [1.82, 2.24) is 9.36 Å². The first kappa shape index (κ1) is 21.5. The first-order valence-corrected chi connectivity index (χ1v) is 10.3. The predicted molar refractivity (Wildman–Crippen MR) is 129 cm³/mol. The maximum atomic E-state index is 13.0. The number of nitriles is 1. The van der Waals surface area contributed by atoms with Crippen LogP contribution < -0.4 is 11.0 Å². The van der Waals surface area contributed by atoms with E-state index in [4.69, 9.17) is 0 Å². The molecule has 0 aliphatic rings. The average Bonchev–Trinajstić information content (AvgIpc) is 3.08. The number of hydrogen-bond acceptors (Lipinski definition) is 5. The molecule has 0 saturated carbocycles. The third-order valence-electron chi connectivity index (χ3n) is 5.41. The van der Waals surface area contributed by atoms with Crippen LogP contribution in [0, 0.1) is 18.3 Å². The lowest BCUT2D eigenvalue weighted by atomic mass is 10.0. The number of nitrogens with zero attached hydrogens (tertiary/aromatic N) is 4. The van der Waals surface area contributed by atoms with Gasteiger partial charge in [0.25, 0.3) is 5.56 Å². The van der Waals surface area contributed by atoms with Crippen molar-refractivity contribution in [1.29, 1.82) is 5.26 Å². The van der Waals surface area contributed by atoms with Crippen LogP contribution in [0.5, 0.6) is 0 Å². The summed E-state index contributed by atoms with van der Waals surface area (Å²) in [4.78, 5) is 25.8. The van der Waals surface area contributed by atoms with E-state index < -0.39 is 5.78 Å². The number of Topliss-reactive ketones (excluding diaryl/α,β-unsaturated/α-hetero) is 1. The van der Waals surface area contributed by atoms with Crippen molar-refractivity contribution in [2.45, 2.75) is 6.92 Å². The molecule has 1 N–H and O–H groups in total. The zero-order valence-corrected chi connectivity index (χ0v) is 18.2. The number of para-hydroxylation sites is 1.